The summed E-state index contributed by atoms with van der Waals surface area (Å²) in [5, 5.41) is 2.64. The van der Waals surface area contributed by atoms with Gasteiger partial charge in [0.15, 0.2) is 0 Å². The molecule has 1 amide bonds. The quantitative estimate of drug-likeness (QED) is 0.874. The molecule has 0 bridgehead atoms. The lowest BCUT2D eigenvalue weighted by molar-refractivity contribution is -0.138. The van der Waals surface area contributed by atoms with Crippen LogP contribution in [-0.4, -0.2) is 25.1 Å². The van der Waals surface area contributed by atoms with Crippen molar-refractivity contribution >= 4 is 18.3 Å². The molecule has 1 fully saturated rings. The molecule has 0 spiro atoms. The molecule has 21 heavy (non-hydrogen) atoms. The fourth-order valence-corrected chi connectivity index (χ4v) is 1.68. The number of amides is 1. The Morgan fingerprint density at radius 1 is 1.38 bits per heavy atom. The number of ether oxygens (including phenoxy) is 1. The molecule has 3 N–H and O–H groups in total. The van der Waals surface area contributed by atoms with Crippen LogP contribution in [0.3, 0.4) is 0 Å². The Balaban J connectivity index is 0.00000220. The van der Waals surface area contributed by atoms with Crippen molar-refractivity contribution in [2.45, 2.75) is 25.1 Å². The van der Waals surface area contributed by atoms with Crippen molar-refractivity contribution in [1.82, 2.24) is 5.32 Å². The molecule has 0 radical (unpaired) electrons. The van der Waals surface area contributed by atoms with Crippen LogP contribution >= 0.6 is 12.4 Å². The zero-order chi connectivity index (χ0) is 14.8. The summed E-state index contributed by atoms with van der Waals surface area (Å²) >= 11 is 0. The van der Waals surface area contributed by atoms with Crippen LogP contribution in [0.15, 0.2) is 18.2 Å². The van der Waals surface area contributed by atoms with Gasteiger partial charge in [-0.2, -0.15) is 13.2 Å². The molecule has 8 heteroatoms. The maximum absolute atomic E-state index is 13.0. The average Bonchev–Trinajstić information content (AvgIpc) is 3.19. The van der Waals surface area contributed by atoms with Gasteiger partial charge in [0.05, 0.1) is 5.56 Å². The zero-order valence-corrected chi connectivity index (χ0v) is 11.9. The number of nitrogens with one attached hydrogen (secondary N) is 1. The van der Waals surface area contributed by atoms with Gasteiger partial charge in [0.2, 0.25) is 0 Å². The van der Waals surface area contributed by atoms with Crippen molar-refractivity contribution in [3.63, 3.8) is 0 Å². The van der Waals surface area contributed by atoms with Crippen LogP contribution in [0.25, 0.3) is 0 Å². The highest BCUT2D eigenvalue weighted by atomic mass is 35.5. The number of alkyl halides is 3. The first-order chi connectivity index (χ1) is 9.41. The van der Waals surface area contributed by atoms with E-state index >= 15 is 0 Å². The first-order valence-corrected chi connectivity index (χ1v) is 6.27. The summed E-state index contributed by atoms with van der Waals surface area (Å²) in [6, 6.07) is 3.37. The molecular formula is C13H16ClF3N2O2. The zero-order valence-electron chi connectivity index (χ0n) is 11.1. The minimum absolute atomic E-state index is 0. The van der Waals surface area contributed by atoms with E-state index in [1.54, 1.807) is 0 Å². The summed E-state index contributed by atoms with van der Waals surface area (Å²) in [7, 11) is 0. The predicted octanol–water partition coefficient (Wildman–Crippen LogP) is 2.36. The van der Waals surface area contributed by atoms with Crippen molar-refractivity contribution < 1.29 is 22.7 Å². The number of halogens is 4. The number of benzene rings is 1. The molecule has 0 saturated heterocycles. The van der Waals surface area contributed by atoms with E-state index < -0.39 is 17.6 Å². The standard InChI is InChI=1S/C13H15F3N2O2.ClH/c14-13(15,16)10-7-8(12(19)18-9-2-3-9)1-4-11(10)20-6-5-17;/h1,4,7,9H,2-3,5-6,17H2,(H,18,19);1H. The third kappa shape index (κ3) is 4.78. The summed E-state index contributed by atoms with van der Waals surface area (Å²) in [5.41, 5.74) is 4.22. The minimum atomic E-state index is -4.58. The first kappa shape index (κ1) is 17.6. The van der Waals surface area contributed by atoms with E-state index in [0.29, 0.717) is 0 Å². The molecule has 1 saturated carbocycles. The van der Waals surface area contributed by atoms with E-state index in [-0.39, 0.29) is 42.9 Å². The number of rotatable bonds is 5. The molecule has 118 valence electrons. The highest BCUT2D eigenvalue weighted by molar-refractivity contribution is 5.95. The molecular weight excluding hydrogens is 309 g/mol. The van der Waals surface area contributed by atoms with Gasteiger partial charge in [0, 0.05) is 18.2 Å². The molecule has 2 rings (SSSR count). The Bertz CT molecular complexity index is 505. The van der Waals surface area contributed by atoms with Gasteiger partial charge in [-0.3, -0.25) is 4.79 Å². The van der Waals surface area contributed by atoms with Gasteiger partial charge in [-0.25, -0.2) is 0 Å². The summed E-state index contributed by atoms with van der Waals surface area (Å²) in [6.07, 6.45) is -2.84. The van der Waals surface area contributed by atoms with E-state index in [2.05, 4.69) is 5.32 Å². The van der Waals surface area contributed by atoms with E-state index in [1.807, 2.05) is 0 Å². The topological polar surface area (TPSA) is 64.3 Å². The molecule has 0 atom stereocenters. The van der Waals surface area contributed by atoms with E-state index in [9.17, 15) is 18.0 Å². The highest BCUT2D eigenvalue weighted by Crippen LogP contribution is 2.37. The molecule has 1 aromatic carbocycles. The third-order valence-corrected chi connectivity index (χ3v) is 2.84. The van der Waals surface area contributed by atoms with E-state index in [0.717, 1.165) is 25.0 Å². The summed E-state index contributed by atoms with van der Waals surface area (Å²) in [4.78, 5) is 11.8. The number of nitrogens with two attached hydrogens (primary N) is 1. The lowest BCUT2D eigenvalue weighted by atomic mass is 10.1. The van der Waals surface area contributed by atoms with Crippen molar-refractivity contribution in [1.29, 1.82) is 0 Å². The Kier molecular flexibility index (Phi) is 5.86. The van der Waals surface area contributed by atoms with Gasteiger partial charge < -0.3 is 15.8 Å². The molecule has 1 aliphatic carbocycles. The number of carbonyl (C=O) groups excluding carboxylic acids is 1. The first-order valence-electron chi connectivity index (χ1n) is 6.27. The molecule has 0 heterocycles. The van der Waals surface area contributed by atoms with Crippen LogP contribution in [0.4, 0.5) is 13.2 Å². The predicted molar refractivity (Wildman–Crippen MR) is 73.7 cm³/mol. The molecule has 4 nitrogen and oxygen atoms in total. The van der Waals surface area contributed by atoms with Crippen LogP contribution in [0.1, 0.15) is 28.8 Å². The van der Waals surface area contributed by atoms with Gasteiger partial charge in [0.1, 0.15) is 12.4 Å². The summed E-state index contributed by atoms with van der Waals surface area (Å²) < 4.78 is 43.8. The Morgan fingerprint density at radius 3 is 2.57 bits per heavy atom. The fraction of sp³-hybridized carbons (Fsp3) is 0.462. The summed E-state index contributed by atoms with van der Waals surface area (Å²) in [5.74, 6) is -0.811. The lowest BCUT2D eigenvalue weighted by Gasteiger charge is -2.15. The molecule has 1 aliphatic rings. The van der Waals surface area contributed by atoms with Crippen molar-refractivity contribution in [3.05, 3.63) is 29.3 Å². The molecule has 0 unspecified atom stereocenters. The molecule has 0 aromatic heterocycles. The van der Waals surface area contributed by atoms with E-state index in [1.165, 1.54) is 6.07 Å². The maximum atomic E-state index is 13.0. The molecule has 1 aromatic rings. The van der Waals surface area contributed by atoms with Gasteiger partial charge in [0.25, 0.3) is 5.91 Å². The Morgan fingerprint density at radius 2 is 2.05 bits per heavy atom. The number of carbonyl (C=O) groups is 1. The lowest BCUT2D eigenvalue weighted by Crippen LogP contribution is -2.26. The highest BCUT2D eigenvalue weighted by Gasteiger charge is 2.35. The van der Waals surface area contributed by atoms with Crippen LogP contribution in [0.5, 0.6) is 5.75 Å². The summed E-state index contributed by atoms with van der Waals surface area (Å²) in [6.45, 7) is 0.0952. The van der Waals surface area contributed by atoms with Gasteiger partial charge >= 0.3 is 6.18 Å². The third-order valence-electron chi connectivity index (χ3n) is 2.84. The van der Waals surface area contributed by atoms with E-state index in [4.69, 9.17) is 10.5 Å². The van der Waals surface area contributed by atoms with Crippen LogP contribution < -0.4 is 15.8 Å². The van der Waals surface area contributed by atoms with Crippen LogP contribution in [0.2, 0.25) is 0 Å². The normalized spacial score (nSPS) is 14.3. The number of hydrogen-bond donors (Lipinski definition) is 2. The second-order valence-corrected chi connectivity index (χ2v) is 4.59. The minimum Gasteiger partial charge on any atom is -0.492 e. The second kappa shape index (κ2) is 7.00. The largest absolute Gasteiger partial charge is 0.492 e. The van der Waals surface area contributed by atoms with Gasteiger partial charge in [-0.1, -0.05) is 0 Å². The van der Waals surface area contributed by atoms with Crippen molar-refractivity contribution in [3.8, 4) is 5.75 Å². The fourth-order valence-electron chi connectivity index (χ4n) is 1.68. The second-order valence-electron chi connectivity index (χ2n) is 4.59. The average molecular weight is 325 g/mol. The van der Waals surface area contributed by atoms with Crippen molar-refractivity contribution in [2.75, 3.05) is 13.2 Å². The monoisotopic (exact) mass is 324 g/mol. The maximum Gasteiger partial charge on any atom is 0.419 e. The Hall–Kier alpha value is -1.47. The van der Waals surface area contributed by atoms with Crippen molar-refractivity contribution in [2.24, 2.45) is 5.73 Å². The molecule has 0 aliphatic heterocycles. The Labute approximate surface area is 126 Å². The number of hydrogen-bond acceptors (Lipinski definition) is 3. The van der Waals surface area contributed by atoms with Crippen LogP contribution in [0, 0.1) is 0 Å². The van der Waals surface area contributed by atoms with Gasteiger partial charge in [-0.15, -0.1) is 12.4 Å². The van der Waals surface area contributed by atoms with Crippen LogP contribution in [-0.2, 0) is 6.18 Å². The van der Waals surface area contributed by atoms with Gasteiger partial charge in [-0.05, 0) is 31.0 Å². The SMILES string of the molecule is Cl.NCCOc1ccc(C(=O)NC2CC2)cc1C(F)(F)F. The smallest absolute Gasteiger partial charge is 0.419 e.